The largest absolute Gasteiger partial charge is 0.463 e. The number of rotatable bonds is 1. The second-order valence-electron chi connectivity index (χ2n) is 5.56. The highest BCUT2D eigenvalue weighted by Gasteiger charge is 2.41. The summed E-state index contributed by atoms with van der Waals surface area (Å²) in [4.78, 5) is 25.8. The quantitative estimate of drug-likeness (QED) is 0.789. The molecule has 4 nitrogen and oxygen atoms in total. The van der Waals surface area contributed by atoms with Gasteiger partial charge in [0.15, 0.2) is 5.78 Å². The Morgan fingerprint density at radius 3 is 2.74 bits per heavy atom. The van der Waals surface area contributed by atoms with E-state index in [1.54, 1.807) is 4.90 Å². The normalized spacial score (nSPS) is 18.2. The fraction of sp³-hybridized carbons (Fsp3) is 0.333. The van der Waals surface area contributed by atoms with Gasteiger partial charge in [0.25, 0.3) is 5.91 Å². The lowest BCUT2D eigenvalue weighted by atomic mass is 10.0. The molecular formula is C15H15NO3. The molecule has 0 spiro atoms. The van der Waals surface area contributed by atoms with Gasteiger partial charge in [0.05, 0.1) is 12.1 Å². The summed E-state index contributed by atoms with van der Waals surface area (Å²) in [6, 6.07) is 7.42. The Balaban J connectivity index is 2.03. The number of furan rings is 1. The van der Waals surface area contributed by atoms with E-state index in [-0.39, 0.29) is 18.2 Å². The predicted molar refractivity (Wildman–Crippen MR) is 71.0 cm³/mol. The minimum Gasteiger partial charge on any atom is -0.463 e. The number of para-hydroxylation sites is 1. The Morgan fingerprint density at radius 1 is 1.32 bits per heavy atom. The molecule has 2 heterocycles. The van der Waals surface area contributed by atoms with Gasteiger partial charge in [-0.1, -0.05) is 18.2 Å². The summed E-state index contributed by atoms with van der Waals surface area (Å²) >= 11 is 0. The first-order chi connectivity index (χ1) is 8.99. The first-order valence-corrected chi connectivity index (χ1v) is 6.29. The van der Waals surface area contributed by atoms with Crippen LogP contribution in [0.25, 0.3) is 11.0 Å². The lowest BCUT2D eigenvalue weighted by molar-refractivity contribution is -0.116. The van der Waals surface area contributed by atoms with Crippen LogP contribution in [0.15, 0.2) is 34.9 Å². The van der Waals surface area contributed by atoms with Crippen LogP contribution in [0, 0.1) is 0 Å². The molecule has 0 bridgehead atoms. The Morgan fingerprint density at radius 2 is 2.05 bits per heavy atom. The SMILES string of the molecule is CC1(C)CC(=O)CN1C(=O)c1coc2ccccc12. The molecule has 1 fully saturated rings. The molecule has 1 saturated heterocycles. The lowest BCUT2D eigenvalue weighted by Gasteiger charge is -2.30. The topological polar surface area (TPSA) is 50.5 Å². The number of amides is 1. The van der Waals surface area contributed by atoms with Gasteiger partial charge in [0, 0.05) is 17.3 Å². The predicted octanol–water partition coefficient (Wildman–Crippen LogP) is 2.63. The van der Waals surface area contributed by atoms with Gasteiger partial charge in [0.1, 0.15) is 11.8 Å². The molecule has 4 heteroatoms. The number of hydrogen-bond donors (Lipinski definition) is 0. The zero-order valence-corrected chi connectivity index (χ0v) is 11.0. The molecule has 0 radical (unpaired) electrons. The van der Waals surface area contributed by atoms with Crippen LogP contribution in [0.2, 0.25) is 0 Å². The van der Waals surface area contributed by atoms with Crippen molar-refractivity contribution in [3.05, 3.63) is 36.1 Å². The smallest absolute Gasteiger partial charge is 0.258 e. The maximum atomic E-state index is 12.6. The van der Waals surface area contributed by atoms with Crippen LogP contribution in [0.5, 0.6) is 0 Å². The average Bonchev–Trinajstić information content (AvgIpc) is 2.89. The second kappa shape index (κ2) is 3.95. The van der Waals surface area contributed by atoms with E-state index in [4.69, 9.17) is 4.42 Å². The molecule has 0 N–H and O–H groups in total. The molecule has 0 unspecified atom stereocenters. The van der Waals surface area contributed by atoms with Crippen LogP contribution in [0.1, 0.15) is 30.6 Å². The van der Waals surface area contributed by atoms with Crippen molar-refractivity contribution < 1.29 is 14.0 Å². The van der Waals surface area contributed by atoms with Gasteiger partial charge in [-0.2, -0.15) is 0 Å². The third kappa shape index (κ3) is 1.84. The van der Waals surface area contributed by atoms with Crippen molar-refractivity contribution >= 4 is 22.7 Å². The van der Waals surface area contributed by atoms with Crippen LogP contribution in [0.4, 0.5) is 0 Å². The van der Waals surface area contributed by atoms with Gasteiger partial charge < -0.3 is 9.32 Å². The Labute approximate surface area is 111 Å². The molecule has 1 aromatic carbocycles. The number of fused-ring (bicyclic) bond motifs is 1. The van der Waals surface area contributed by atoms with Crippen molar-refractivity contribution in [3.63, 3.8) is 0 Å². The summed E-state index contributed by atoms with van der Waals surface area (Å²) in [5, 5.41) is 0.794. The van der Waals surface area contributed by atoms with E-state index in [0.29, 0.717) is 17.6 Å². The monoisotopic (exact) mass is 257 g/mol. The van der Waals surface area contributed by atoms with Gasteiger partial charge in [-0.3, -0.25) is 9.59 Å². The standard InChI is InChI=1S/C15H15NO3/c1-15(2)7-10(17)8-16(15)14(18)12-9-19-13-6-4-3-5-11(12)13/h3-6,9H,7-8H2,1-2H3. The van der Waals surface area contributed by atoms with Crippen molar-refractivity contribution in [2.75, 3.05) is 6.54 Å². The van der Waals surface area contributed by atoms with E-state index in [1.165, 1.54) is 6.26 Å². The zero-order valence-electron chi connectivity index (χ0n) is 11.0. The first kappa shape index (κ1) is 12.0. The Hall–Kier alpha value is -2.10. The van der Waals surface area contributed by atoms with E-state index in [9.17, 15) is 9.59 Å². The molecule has 1 aliphatic heterocycles. The molecule has 1 aliphatic rings. The zero-order chi connectivity index (χ0) is 13.6. The van der Waals surface area contributed by atoms with Crippen molar-refractivity contribution in [1.82, 2.24) is 4.90 Å². The maximum absolute atomic E-state index is 12.6. The highest BCUT2D eigenvalue weighted by atomic mass is 16.3. The van der Waals surface area contributed by atoms with Gasteiger partial charge in [-0.25, -0.2) is 0 Å². The van der Waals surface area contributed by atoms with Crippen LogP contribution in [0.3, 0.4) is 0 Å². The molecule has 98 valence electrons. The van der Waals surface area contributed by atoms with E-state index < -0.39 is 5.54 Å². The molecule has 0 aliphatic carbocycles. The number of nitrogens with zero attached hydrogens (tertiary/aromatic N) is 1. The number of carbonyl (C=O) groups excluding carboxylic acids is 2. The molecule has 1 amide bonds. The Bertz CT molecular complexity index is 669. The molecule has 19 heavy (non-hydrogen) atoms. The summed E-state index contributed by atoms with van der Waals surface area (Å²) < 4.78 is 5.39. The van der Waals surface area contributed by atoms with E-state index in [0.717, 1.165) is 5.39 Å². The minimum atomic E-state index is -0.424. The highest BCUT2D eigenvalue weighted by Crippen LogP contribution is 2.30. The molecule has 0 atom stereocenters. The van der Waals surface area contributed by atoms with E-state index >= 15 is 0 Å². The number of hydrogen-bond acceptors (Lipinski definition) is 3. The molecule has 2 aromatic rings. The van der Waals surface area contributed by atoms with Crippen molar-refractivity contribution in [2.24, 2.45) is 0 Å². The number of ketones is 1. The number of likely N-dealkylation sites (tertiary alicyclic amines) is 1. The lowest BCUT2D eigenvalue weighted by Crippen LogP contribution is -2.42. The number of Topliss-reactive ketones (excluding diaryl/α,β-unsaturated/α-hetero) is 1. The van der Waals surface area contributed by atoms with E-state index in [1.807, 2.05) is 38.1 Å². The van der Waals surface area contributed by atoms with Crippen LogP contribution >= 0.6 is 0 Å². The van der Waals surface area contributed by atoms with Gasteiger partial charge >= 0.3 is 0 Å². The molecule has 1 aromatic heterocycles. The highest BCUT2D eigenvalue weighted by molar-refractivity contribution is 6.08. The second-order valence-corrected chi connectivity index (χ2v) is 5.56. The van der Waals surface area contributed by atoms with Crippen LogP contribution < -0.4 is 0 Å². The van der Waals surface area contributed by atoms with Gasteiger partial charge in [-0.15, -0.1) is 0 Å². The Kier molecular flexibility index (Phi) is 2.49. The third-order valence-corrected chi connectivity index (χ3v) is 3.65. The van der Waals surface area contributed by atoms with Crippen molar-refractivity contribution in [2.45, 2.75) is 25.8 Å². The average molecular weight is 257 g/mol. The first-order valence-electron chi connectivity index (χ1n) is 6.29. The summed E-state index contributed by atoms with van der Waals surface area (Å²) in [5.74, 6) is -0.0352. The number of benzene rings is 1. The molecule has 3 rings (SSSR count). The van der Waals surface area contributed by atoms with Gasteiger partial charge in [0.2, 0.25) is 0 Å². The number of carbonyl (C=O) groups is 2. The van der Waals surface area contributed by atoms with Crippen molar-refractivity contribution in [1.29, 1.82) is 0 Å². The van der Waals surface area contributed by atoms with E-state index in [2.05, 4.69) is 0 Å². The van der Waals surface area contributed by atoms with Crippen LogP contribution in [-0.2, 0) is 4.79 Å². The maximum Gasteiger partial charge on any atom is 0.258 e. The fourth-order valence-electron chi connectivity index (χ4n) is 2.66. The summed E-state index contributed by atoms with van der Waals surface area (Å²) in [6.07, 6.45) is 1.89. The summed E-state index contributed by atoms with van der Waals surface area (Å²) in [7, 11) is 0. The van der Waals surface area contributed by atoms with Crippen molar-refractivity contribution in [3.8, 4) is 0 Å². The fourth-order valence-corrected chi connectivity index (χ4v) is 2.66. The minimum absolute atomic E-state index is 0.103. The molecule has 0 saturated carbocycles. The van der Waals surface area contributed by atoms with Gasteiger partial charge in [-0.05, 0) is 19.9 Å². The van der Waals surface area contributed by atoms with Crippen LogP contribution in [-0.4, -0.2) is 28.7 Å². The molecular weight excluding hydrogens is 242 g/mol. The third-order valence-electron chi connectivity index (χ3n) is 3.65. The summed E-state index contributed by atoms with van der Waals surface area (Å²) in [5.41, 5.74) is 0.791. The summed E-state index contributed by atoms with van der Waals surface area (Å²) in [6.45, 7) is 4.02.